The van der Waals surface area contributed by atoms with Gasteiger partial charge in [0.25, 0.3) is 5.91 Å². The minimum absolute atomic E-state index is 0.103. The number of fused-ring (bicyclic) bond motifs is 1. The van der Waals surface area contributed by atoms with Crippen LogP contribution in [-0.2, 0) is 12.2 Å². The van der Waals surface area contributed by atoms with E-state index in [1.165, 1.54) is 0 Å². The van der Waals surface area contributed by atoms with Crippen LogP contribution < -0.4 is 5.32 Å². The van der Waals surface area contributed by atoms with E-state index < -0.39 is 6.10 Å². The van der Waals surface area contributed by atoms with Crippen molar-refractivity contribution in [1.29, 1.82) is 0 Å². The summed E-state index contributed by atoms with van der Waals surface area (Å²) in [7, 11) is 0. The van der Waals surface area contributed by atoms with Crippen LogP contribution in [0.25, 0.3) is 0 Å². The lowest BCUT2D eigenvalue weighted by Crippen LogP contribution is -2.38. The van der Waals surface area contributed by atoms with Gasteiger partial charge < -0.3 is 10.4 Å². The highest BCUT2D eigenvalue weighted by Gasteiger charge is 2.32. The first-order valence-electron chi connectivity index (χ1n) is 7.93. The Balaban J connectivity index is 1.74. The number of rotatable bonds is 5. The van der Waals surface area contributed by atoms with E-state index >= 15 is 0 Å². The van der Waals surface area contributed by atoms with Gasteiger partial charge in [0, 0.05) is 11.3 Å². The van der Waals surface area contributed by atoms with E-state index in [0.29, 0.717) is 12.0 Å². The van der Waals surface area contributed by atoms with Gasteiger partial charge in [0.1, 0.15) is 0 Å². The van der Waals surface area contributed by atoms with E-state index in [0.717, 1.165) is 28.2 Å². The molecule has 0 fully saturated rings. The second-order valence-corrected chi connectivity index (χ2v) is 7.00. The van der Waals surface area contributed by atoms with Crippen molar-refractivity contribution in [2.75, 3.05) is 5.75 Å². The van der Waals surface area contributed by atoms with Crippen LogP contribution >= 0.6 is 11.8 Å². The lowest BCUT2D eigenvalue weighted by molar-refractivity contribution is 0.0858. The average Bonchev–Trinajstić information content (AvgIpc) is 2.89. The maximum atomic E-state index is 12.6. The van der Waals surface area contributed by atoms with Crippen LogP contribution in [0.2, 0.25) is 0 Å². The smallest absolute Gasteiger partial charge is 0.251 e. The summed E-state index contributed by atoms with van der Waals surface area (Å²) in [6, 6.07) is 15.3. The van der Waals surface area contributed by atoms with Crippen molar-refractivity contribution in [2.45, 2.75) is 31.2 Å². The monoisotopic (exact) mass is 327 g/mol. The van der Waals surface area contributed by atoms with Gasteiger partial charge in [0.15, 0.2) is 0 Å². The molecule has 0 aromatic heterocycles. The third-order valence-electron chi connectivity index (χ3n) is 4.23. The van der Waals surface area contributed by atoms with E-state index in [2.05, 4.69) is 12.2 Å². The Morgan fingerprint density at radius 3 is 2.74 bits per heavy atom. The van der Waals surface area contributed by atoms with E-state index in [1.54, 1.807) is 11.8 Å². The fourth-order valence-electron chi connectivity index (χ4n) is 3.03. The predicted octanol–water partition coefficient (Wildman–Crippen LogP) is 3.33. The van der Waals surface area contributed by atoms with Gasteiger partial charge in [-0.1, -0.05) is 49.4 Å². The Labute approximate surface area is 141 Å². The van der Waals surface area contributed by atoms with E-state index in [9.17, 15) is 9.90 Å². The topological polar surface area (TPSA) is 49.3 Å². The van der Waals surface area contributed by atoms with Gasteiger partial charge >= 0.3 is 0 Å². The maximum absolute atomic E-state index is 12.6. The molecule has 120 valence electrons. The lowest BCUT2D eigenvalue weighted by Gasteiger charge is -2.18. The summed E-state index contributed by atoms with van der Waals surface area (Å²) in [6.45, 7) is 2.11. The molecule has 1 aliphatic carbocycles. The Hall–Kier alpha value is -1.78. The van der Waals surface area contributed by atoms with Crippen LogP contribution in [-0.4, -0.2) is 22.8 Å². The molecule has 0 heterocycles. The molecule has 2 aromatic rings. The summed E-state index contributed by atoms with van der Waals surface area (Å²) in [5.74, 6) is 1.74. The molecule has 2 atom stereocenters. The molecule has 4 heteroatoms. The Morgan fingerprint density at radius 1 is 1.22 bits per heavy atom. The zero-order valence-corrected chi connectivity index (χ0v) is 14.0. The number of benzene rings is 2. The molecule has 1 amide bonds. The second-order valence-electron chi connectivity index (χ2n) is 5.72. The fraction of sp³-hybridized carbons (Fsp3) is 0.316. The molecule has 0 aliphatic heterocycles. The van der Waals surface area contributed by atoms with Crippen molar-refractivity contribution in [3.8, 4) is 0 Å². The van der Waals surface area contributed by atoms with Crippen molar-refractivity contribution in [2.24, 2.45) is 0 Å². The molecular formula is C19H21NO2S. The summed E-state index contributed by atoms with van der Waals surface area (Å²) in [4.78, 5) is 12.6. The number of hydrogen-bond acceptors (Lipinski definition) is 3. The standard InChI is InChI=1S/C19H21NO2S/c1-2-23-12-14-8-4-6-10-16(14)19(22)20-17-11-13-7-3-5-9-15(13)18(17)21/h3-10,17-18,21H,2,11-12H2,1H3,(H,20,22)/t17-,18-/m1/s1. The fourth-order valence-corrected chi connectivity index (χ4v) is 3.71. The SMILES string of the molecule is CCSCc1ccccc1C(=O)N[C@@H]1Cc2ccccc2[C@H]1O. The van der Waals surface area contributed by atoms with Crippen molar-refractivity contribution >= 4 is 17.7 Å². The lowest BCUT2D eigenvalue weighted by atomic mass is 10.1. The number of thioether (sulfide) groups is 1. The van der Waals surface area contributed by atoms with Gasteiger partial charge in [-0.3, -0.25) is 4.79 Å². The van der Waals surface area contributed by atoms with Gasteiger partial charge in [0.2, 0.25) is 0 Å². The summed E-state index contributed by atoms with van der Waals surface area (Å²) in [5.41, 5.74) is 3.78. The number of nitrogens with one attached hydrogen (secondary N) is 1. The molecule has 2 aromatic carbocycles. The Morgan fingerprint density at radius 2 is 1.96 bits per heavy atom. The number of hydrogen-bond donors (Lipinski definition) is 2. The molecule has 2 N–H and O–H groups in total. The van der Waals surface area contributed by atoms with Crippen molar-refractivity contribution < 1.29 is 9.90 Å². The minimum atomic E-state index is -0.632. The molecular weight excluding hydrogens is 306 g/mol. The van der Waals surface area contributed by atoms with Gasteiger partial charge in [-0.15, -0.1) is 0 Å². The largest absolute Gasteiger partial charge is 0.386 e. The highest BCUT2D eigenvalue weighted by molar-refractivity contribution is 7.98. The Bertz CT molecular complexity index is 701. The summed E-state index contributed by atoms with van der Waals surface area (Å²) >= 11 is 1.80. The third kappa shape index (κ3) is 3.43. The summed E-state index contributed by atoms with van der Waals surface area (Å²) in [5, 5.41) is 13.4. The van der Waals surface area contributed by atoms with Crippen LogP contribution in [0.5, 0.6) is 0 Å². The van der Waals surface area contributed by atoms with Crippen LogP contribution in [0.1, 0.15) is 40.1 Å². The first kappa shape index (κ1) is 16.1. The normalized spacial score (nSPS) is 19.4. The van der Waals surface area contributed by atoms with Crippen molar-refractivity contribution in [3.63, 3.8) is 0 Å². The van der Waals surface area contributed by atoms with E-state index in [-0.39, 0.29) is 11.9 Å². The molecule has 0 bridgehead atoms. The van der Waals surface area contributed by atoms with E-state index in [1.807, 2.05) is 48.5 Å². The number of carbonyl (C=O) groups is 1. The van der Waals surface area contributed by atoms with E-state index in [4.69, 9.17) is 0 Å². The predicted molar refractivity (Wildman–Crippen MR) is 94.6 cm³/mol. The average molecular weight is 327 g/mol. The molecule has 3 nitrogen and oxygen atoms in total. The maximum Gasteiger partial charge on any atom is 0.251 e. The van der Waals surface area contributed by atoms with Crippen molar-refractivity contribution in [3.05, 3.63) is 70.8 Å². The van der Waals surface area contributed by atoms with Gasteiger partial charge in [-0.05, 0) is 34.9 Å². The third-order valence-corrected chi connectivity index (χ3v) is 5.16. The van der Waals surface area contributed by atoms with Crippen LogP contribution in [0.3, 0.4) is 0 Å². The molecule has 0 spiro atoms. The number of aliphatic hydroxyl groups excluding tert-OH is 1. The van der Waals surface area contributed by atoms with Gasteiger partial charge in [-0.2, -0.15) is 11.8 Å². The van der Waals surface area contributed by atoms with Gasteiger partial charge in [-0.25, -0.2) is 0 Å². The molecule has 3 rings (SSSR count). The molecule has 0 saturated carbocycles. The van der Waals surface area contributed by atoms with Gasteiger partial charge in [0.05, 0.1) is 12.1 Å². The molecule has 1 aliphatic rings. The van der Waals surface area contributed by atoms with Crippen LogP contribution in [0.15, 0.2) is 48.5 Å². The first-order valence-corrected chi connectivity index (χ1v) is 9.08. The zero-order valence-electron chi connectivity index (χ0n) is 13.2. The highest BCUT2D eigenvalue weighted by Crippen LogP contribution is 2.31. The quantitative estimate of drug-likeness (QED) is 0.885. The molecule has 0 radical (unpaired) electrons. The molecule has 0 unspecified atom stereocenters. The summed E-state index contributed by atoms with van der Waals surface area (Å²) < 4.78 is 0. The first-order chi connectivity index (χ1) is 11.2. The summed E-state index contributed by atoms with van der Waals surface area (Å²) in [6.07, 6.45) is 0.0434. The highest BCUT2D eigenvalue weighted by atomic mass is 32.2. The zero-order chi connectivity index (χ0) is 16.2. The number of carbonyl (C=O) groups excluding carboxylic acids is 1. The number of amides is 1. The Kier molecular flexibility index (Phi) is 5.03. The van der Waals surface area contributed by atoms with Crippen LogP contribution in [0.4, 0.5) is 0 Å². The molecule has 23 heavy (non-hydrogen) atoms. The minimum Gasteiger partial charge on any atom is -0.386 e. The van der Waals surface area contributed by atoms with Crippen LogP contribution in [0, 0.1) is 0 Å². The van der Waals surface area contributed by atoms with Crippen molar-refractivity contribution in [1.82, 2.24) is 5.32 Å². The molecule has 0 saturated heterocycles. The number of aliphatic hydroxyl groups is 1. The second kappa shape index (κ2) is 7.20.